The number of hydrogen-bond donors (Lipinski definition) is 4. The molecule has 196 valence electrons. The number of carbonyl (C=O) groups excluding carboxylic acids is 2. The standard InChI is InChI=1S/C29H29ClN4O4/c1-38-25-5-3-2-4-21(25)29(37)34-19-10-11-20(23(30)14-19)27(36)22-15-32-28-26(22)24(12-13-31-28)33-18-8-6-17(16-35)7-9-18/h2-5,10-15,17-18,35H,6-9,16H2,1H3,(H,34,37)(H2,31,32,33). The largest absolute Gasteiger partial charge is 0.496 e. The fourth-order valence-electron chi connectivity index (χ4n) is 5.02. The van der Waals surface area contributed by atoms with Crippen molar-refractivity contribution in [2.24, 2.45) is 5.92 Å². The highest BCUT2D eigenvalue weighted by Gasteiger charge is 2.24. The first kappa shape index (κ1) is 25.8. The number of ether oxygens (including phenoxy) is 1. The van der Waals surface area contributed by atoms with Gasteiger partial charge in [-0.25, -0.2) is 4.98 Å². The Morgan fingerprint density at radius 1 is 1.08 bits per heavy atom. The van der Waals surface area contributed by atoms with Gasteiger partial charge in [0.2, 0.25) is 0 Å². The summed E-state index contributed by atoms with van der Waals surface area (Å²) in [7, 11) is 1.51. The molecule has 0 unspecified atom stereocenters. The van der Waals surface area contributed by atoms with Crippen LogP contribution in [0.25, 0.3) is 11.0 Å². The fraction of sp³-hybridized carbons (Fsp3) is 0.276. The summed E-state index contributed by atoms with van der Waals surface area (Å²) in [6.07, 6.45) is 7.21. The van der Waals surface area contributed by atoms with Crippen LogP contribution in [0.5, 0.6) is 5.75 Å². The van der Waals surface area contributed by atoms with Gasteiger partial charge in [-0.05, 0) is 68.0 Å². The molecule has 1 aliphatic carbocycles. The Morgan fingerprint density at radius 3 is 2.61 bits per heavy atom. The van der Waals surface area contributed by atoms with Gasteiger partial charge < -0.3 is 25.5 Å². The molecule has 0 saturated heterocycles. The normalized spacial score (nSPS) is 17.2. The lowest BCUT2D eigenvalue weighted by Gasteiger charge is -2.29. The summed E-state index contributed by atoms with van der Waals surface area (Å²) in [6, 6.07) is 13.9. The SMILES string of the molecule is COc1ccccc1C(=O)Nc1ccc(C(=O)c2c[nH]c3nccc(NC4CCC(CO)CC4)c23)c(Cl)c1. The molecule has 1 aliphatic rings. The van der Waals surface area contributed by atoms with E-state index in [2.05, 4.69) is 20.6 Å². The predicted octanol–water partition coefficient (Wildman–Crippen LogP) is 5.67. The number of nitrogens with one attached hydrogen (secondary N) is 3. The molecule has 38 heavy (non-hydrogen) atoms. The monoisotopic (exact) mass is 532 g/mol. The lowest BCUT2D eigenvalue weighted by atomic mass is 9.86. The Bertz CT molecular complexity index is 1480. The van der Waals surface area contributed by atoms with Crippen molar-refractivity contribution < 1.29 is 19.4 Å². The van der Waals surface area contributed by atoms with Gasteiger partial charge in [-0.3, -0.25) is 9.59 Å². The van der Waals surface area contributed by atoms with Crippen molar-refractivity contribution in [1.29, 1.82) is 0 Å². The van der Waals surface area contributed by atoms with E-state index in [-0.39, 0.29) is 29.4 Å². The zero-order valence-electron chi connectivity index (χ0n) is 21.0. The molecule has 0 atom stereocenters. The van der Waals surface area contributed by atoms with Crippen molar-refractivity contribution in [2.75, 3.05) is 24.4 Å². The average molecular weight is 533 g/mol. The Labute approximate surface area is 225 Å². The van der Waals surface area contributed by atoms with Crippen LogP contribution >= 0.6 is 11.6 Å². The molecule has 1 saturated carbocycles. The van der Waals surface area contributed by atoms with E-state index in [4.69, 9.17) is 16.3 Å². The van der Waals surface area contributed by atoms with E-state index in [0.717, 1.165) is 31.4 Å². The van der Waals surface area contributed by atoms with Gasteiger partial charge in [-0.1, -0.05) is 23.7 Å². The molecule has 0 radical (unpaired) electrons. The molecule has 2 aromatic heterocycles. The first-order chi connectivity index (χ1) is 18.5. The number of aromatic nitrogens is 2. The molecule has 8 nitrogen and oxygen atoms in total. The van der Waals surface area contributed by atoms with E-state index in [1.54, 1.807) is 54.9 Å². The molecule has 2 aromatic carbocycles. The predicted molar refractivity (Wildman–Crippen MR) is 148 cm³/mol. The van der Waals surface area contributed by atoms with E-state index in [0.29, 0.717) is 45.1 Å². The van der Waals surface area contributed by atoms with Crippen LogP contribution < -0.4 is 15.4 Å². The molecule has 2 heterocycles. The number of aliphatic hydroxyl groups excluding tert-OH is 1. The number of halogens is 1. The number of aromatic amines is 1. The number of pyridine rings is 1. The molecular formula is C29H29ClN4O4. The molecule has 0 aliphatic heterocycles. The Balaban J connectivity index is 1.37. The average Bonchev–Trinajstić information content (AvgIpc) is 3.38. The van der Waals surface area contributed by atoms with E-state index < -0.39 is 0 Å². The van der Waals surface area contributed by atoms with Gasteiger partial charge in [0.25, 0.3) is 5.91 Å². The highest BCUT2D eigenvalue weighted by atomic mass is 35.5. The minimum atomic E-state index is -0.343. The summed E-state index contributed by atoms with van der Waals surface area (Å²) in [5.74, 6) is 0.231. The lowest BCUT2D eigenvalue weighted by molar-refractivity contribution is 0.102. The summed E-state index contributed by atoms with van der Waals surface area (Å²) >= 11 is 6.54. The first-order valence-electron chi connectivity index (χ1n) is 12.6. The summed E-state index contributed by atoms with van der Waals surface area (Å²) in [5.41, 5.74) is 3.09. The molecular weight excluding hydrogens is 504 g/mol. The number of carbonyl (C=O) groups is 2. The Kier molecular flexibility index (Phi) is 7.62. The van der Waals surface area contributed by atoms with Gasteiger partial charge in [-0.2, -0.15) is 0 Å². The van der Waals surface area contributed by atoms with Crippen molar-refractivity contribution in [3.63, 3.8) is 0 Å². The number of fused-ring (bicyclic) bond motifs is 1. The molecule has 1 amide bonds. The molecule has 1 fully saturated rings. The zero-order valence-corrected chi connectivity index (χ0v) is 21.7. The van der Waals surface area contributed by atoms with Crippen LogP contribution in [0.15, 0.2) is 60.9 Å². The van der Waals surface area contributed by atoms with Crippen molar-refractivity contribution in [3.8, 4) is 5.75 Å². The quantitative estimate of drug-likeness (QED) is 0.217. The zero-order chi connectivity index (χ0) is 26.6. The number of methoxy groups -OCH3 is 1. The van der Waals surface area contributed by atoms with Gasteiger partial charge in [0, 0.05) is 42.0 Å². The number of ketones is 1. The van der Waals surface area contributed by atoms with Gasteiger partial charge in [0.1, 0.15) is 11.4 Å². The number of anilines is 2. The highest BCUT2D eigenvalue weighted by Crippen LogP contribution is 2.33. The summed E-state index contributed by atoms with van der Waals surface area (Å²) in [4.78, 5) is 33.9. The number of nitrogens with zero attached hydrogens (tertiary/aromatic N) is 1. The number of para-hydroxylation sites is 1. The number of aliphatic hydroxyl groups is 1. The van der Waals surface area contributed by atoms with Crippen LogP contribution in [-0.4, -0.2) is 46.5 Å². The summed E-state index contributed by atoms with van der Waals surface area (Å²) in [5, 5.41) is 16.8. The van der Waals surface area contributed by atoms with E-state index in [1.165, 1.54) is 7.11 Å². The molecule has 5 rings (SSSR count). The molecule has 4 N–H and O–H groups in total. The van der Waals surface area contributed by atoms with Crippen LogP contribution in [0.4, 0.5) is 11.4 Å². The van der Waals surface area contributed by atoms with Gasteiger partial charge >= 0.3 is 0 Å². The summed E-state index contributed by atoms with van der Waals surface area (Å²) < 4.78 is 5.27. The van der Waals surface area contributed by atoms with Crippen molar-refractivity contribution in [3.05, 3.63) is 82.6 Å². The van der Waals surface area contributed by atoms with Crippen LogP contribution in [0.3, 0.4) is 0 Å². The number of hydrogen-bond acceptors (Lipinski definition) is 6. The molecule has 0 bridgehead atoms. The molecule has 0 spiro atoms. The van der Waals surface area contributed by atoms with Crippen molar-refractivity contribution in [1.82, 2.24) is 9.97 Å². The van der Waals surface area contributed by atoms with E-state index in [9.17, 15) is 14.7 Å². The Morgan fingerprint density at radius 2 is 1.87 bits per heavy atom. The number of H-pyrrole nitrogens is 1. The maximum atomic E-state index is 13.6. The Hall–Kier alpha value is -3.88. The second-order valence-electron chi connectivity index (χ2n) is 9.51. The number of amides is 1. The van der Waals surface area contributed by atoms with E-state index >= 15 is 0 Å². The third-order valence-corrected chi connectivity index (χ3v) is 7.42. The summed E-state index contributed by atoms with van der Waals surface area (Å²) in [6.45, 7) is 0.229. The van der Waals surface area contributed by atoms with Gasteiger partial charge in [0.15, 0.2) is 5.78 Å². The smallest absolute Gasteiger partial charge is 0.259 e. The third-order valence-electron chi connectivity index (χ3n) is 7.11. The van der Waals surface area contributed by atoms with Crippen molar-refractivity contribution >= 4 is 45.7 Å². The second-order valence-corrected chi connectivity index (χ2v) is 9.91. The molecule has 4 aromatic rings. The minimum Gasteiger partial charge on any atom is -0.496 e. The maximum Gasteiger partial charge on any atom is 0.259 e. The highest BCUT2D eigenvalue weighted by molar-refractivity contribution is 6.36. The lowest BCUT2D eigenvalue weighted by Crippen LogP contribution is -2.27. The van der Waals surface area contributed by atoms with E-state index in [1.807, 2.05) is 6.07 Å². The second kappa shape index (κ2) is 11.2. The van der Waals surface area contributed by atoms with Gasteiger partial charge in [-0.15, -0.1) is 0 Å². The molecule has 9 heteroatoms. The van der Waals surface area contributed by atoms with Crippen LogP contribution in [0.1, 0.15) is 52.0 Å². The third kappa shape index (κ3) is 5.23. The number of benzene rings is 2. The minimum absolute atomic E-state index is 0.225. The maximum absolute atomic E-state index is 13.6. The number of rotatable bonds is 8. The topological polar surface area (TPSA) is 116 Å². The first-order valence-corrected chi connectivity index (χ1v) is 13.0. The van der Waals surface area contributed by atoms with Crippen LogP contribution in [-0.2, 0) is 0 Å². The fourth-order valence-corrected chi connectivity index (χ4v) is 5.28. The van der Waals surface area contributed by atoms with Crippen molar-refractivity contribution in [2.45, 2.75) is 31.7 Å². The van der Waals surface area contributed by atoms with Gasteiger partial charge in [0.05, 0.1) is 28.6 Å². The van der Waals surface area contributed by atoms with Crippen LogP contribution in [0, 0.1) is 5.92 Å². The van der Waals surface area contributed by atoms with Crippen LogP contribution in [0.2, 0.25) is 5.02 Å².